The van der Waals surface area contributed by atoms with E-state index in [4.69, 9.17) is 5.11 Å². The topological polar surface area (TPSA) is 23.5 Å². The van der Waals surface area contributed by atoms with Crippen LogP contribution in [0.1, 0.15) is 12.8 Å². The molecule has 0 aromatic heterocycles. The molecule has 0 rings (SSSR count). The molecular weight excluding hydrogens is 133 g/mol. The van der Waals surface area contributed by atoms with Crippen LogP contribution >= 0.6 is 0 Å². The number of hydrogen-bond donors (Lipinski definition) is 1. The first-order valence-corrected chi connectivity index (χ1v) is 3.66. The molecule has 0 aromatic carbocycles. The van der Waals surface area contributed by atoms with Gasteiger partial charge in [0.1, 0.15) is 0 Å². The minimum atomic E-state index is -0.247. The second-order valence-corrected chi connectivity index (χ2v) is 2.42. The lowest BCUT2D eigenvalue weighted by Gasteiger charge is -2.13. The molecule has 0 fully saturated rings. The van der Waals surface area contributed by atoms with Gasteiger partial charge in [-0.25, -0.2) is 0 Å². The summed E-state index contributed by atoms with van der Waals surface area (Å²) in [6.07, 6.45) is 1.38. The minimum Gasteiger partial charge on any atom is -0.396 e. The van der Waals surface area contributed by atoms with E-state index in [0.29, 0.717) is 6.42 Å². The fourth-order valence-corrected chi connectivity index (χ4v) is 0.782. The smallest absolute Gasteiger partial charge is 0.0906 e. The summed E-state index contributed by atoms with van der Waals surface area (Å²) >= 11 is 0. The predicted octanol–water partition coefficient (Wildman–Crippen LogP) is 0.660. The van der Waals surface area contributed by atoms with Gasteiger partial charge in [0.25, 0.3) is 0 Å². The van der Waals surface area contributed by atoms with E-state index in [1.807, 2.05) is 11.9 Å². The fourth-order valence-electron chi connectivity index (χ4n) is 0.782. The van der Waals surface area contributed by atoms with Gasteiger partial charge in [-0.3, -0.25) is 4.39 Å². The van der Waals surface area contributed by atoms with Crippen molar-refractivity contribution in [2.24, 2.45) is 0 Å². The molecule has 0 atom stereocenters. The Balaban J connectivity index is 3.00. The third-order valence-corrected chi connectivity index (χ3v) is 1.37. The quantitative estimate of drug-likeness (QED) is 0.599. The lowest BCUT2D eigenvalue weighted by molar-refractivity contribution is 0.242. The highest BCUT2D eigenvalue weighted by Crippen LogP contribution is 1.89. The Morgan fingerprint density at radius 2 is 1.90 bits per heavy atom. The molecule has 0 bridgehead atoms. The van der Waals surface area contributed by atoms with Crippen LogP contribution < -0.4 is 0 Å². The van der Waals surface area contributed by atoms with Crippen molar-refractivity contribution >= 4 is 0 Å². The van der Waals surface area contributed by atoms with Crippen molar-refractivity contribution in [2.45, 2.75) is 12.8 Å². The lowest BCUT2D eigenvalue weighted by Crippen LogP contribution is -2.21. The summed E-state index contributed by atoms with van der Waals surface area (Å²) < 4.78 is 11.6. The van der Waals surface area contributed by atoms with Crippen molar-refractivity contribution in [1.29, 1.82) is 0 Å². The third-order valence-electron chi connectivity index (χ3n) is 1.37. The number of alkyl halides is 1. The lowest BCUT2D eigenvalue weighted by atomic mass is 10.4. The number of halogens is 1. The largest absolute Gasteiger partial charge is 0.396 e. The highest BCUT2D eigenvalue weighted by molar-refractivity contribution is 4.49. The Bertz CT molecular complexity index is 62.6. The number of hydrogen-bond acceptors (Lipinski definition) is 2. The van der Waals surface area contributed by atoms with Gasteiger partial charge in [-0.05, 0) is 19.9 Å². The molecule has 0 heterocycles. The van der Waals surface area contributed by atoms with E-state index in [1.54, 1.807) is 0 Å². The molecule has 0 spiro atoms. The van der Waals surface area contributed by atoms with E-state index in [0.717, 1.165) is 19.5 Å². The molecule has 1 N–H and O–H groups in total. The first-order chi connectivity index (χ1) is 4.81. The molecule has 3 heteroatoms. The molecule has 0 aliphatic heterocycles. The van der Waals surface area contributed by atoms with Gasteiger partial charge in [0.15, 0.2) is 0 Å². The highest BCUT2D eigenvalue weighted by Gasteiger charge is 1.95. The zero-order valence-electron chi connectivity index (χ0n) is 6.52. The van der Waals surface area contributed by atoms with E-state index in [9.17, 15) is 4.39 Å². The van der Waals surface area contributed by atoms with Crippen LogP contribution in [-0.2, 0) is 0 Å². The monoisotopic (exact) mass is 149 g/mol. The number of aliphatic hydroxyl groups is 1. The van der Waals surface area contributed by atoms with Crippen LogP contribution in [0.2, 0.25) is 0 Å². The third kappa shape index (κ3) is 5.98. The molecule has 10 heavy (non-hydrogen) atoms. The molecule has 62 valence electrons. The summed E-state index contributed by atoms with van der Waals surface area (Å²) in [7, 11) is 1.94. The van der Waals surface area contributed by atoms with Gasteiger partial charge >= 0.3 is 0 Å². The van der Waals surface area contributed by atoms with E-state index in [2.05, 4.69) is 0 Å². The van der Waals surface area contributed by atoms with Crippen molar-refractivity contribution in [3.63, 3.8) is 0 Å². The maximum atomic E-state index is 11.6. The number of nitrogens with zero attached hydrogens (tertiary/aromatic N) is 1. The van der Waals surface area contributed by atoms with E-state index >= 15 is 0 Å². The Hall–Kier alpha value is -0.150. The van der Waals surface area contributed by atoms with E-state index in [-0.39, 0.29) is 13.3 Å². The summed E-state index contributed by atoms with van der Waals surface area (Å²) in [5.41, 5.74) is 0. The zero-order chi connectivity index (χ0) is 7.82. The van der Waals surface area contributed by atoms with Gasteiger partial charge in [0.05, 0.1) is 6.67 Å². The van der Waals surface area contributed by atoms with Crippen molar-refractivity contribution in [1.82, 2.24) is 4.90 Å². The first kappa shape index (κ1) is 9.85. The average Bonchev–Trinajstić information content (AvgIpc) is 1.97. The van der Waals surface area contributed by atoms with Crippen LogP contribution in [0.15, 0.2) is 0 Å². The molecule has 0 aliphatic carbocycles. The second-order valence-electron chi connectivity index (χ2n) is 2.42. The van der Waals surface area contributed by atoms with Crippen LogP contribution in [0.4, 0.5) is 4.39 Å². The van der Waals surface area contributed by atoms with Gasteiger partial charge in [-0.1, -0.05) is 0 Å². The highest BCUT2D eigenvalue weighted by atomic mass is 19.1. The van der Waals surface area contributed by atoms with Crippen LogP contribution in [0.25, 0.3) is 0 Å². The van der Waals surface area contributed by atoms with Crippen LogP contribution in [0.3, 0.4) is 0 Å². The van der Waals surface area contributed by atoms with Crippen LogP contribution in [0.5, 0.6) is 0 Å². The Labute approximate surface area is 61.6 Å². The van der Waals surface area contributed by atoms with E-state index < -0.39 is 0 Å². The zero-order valence-corrected chi connectivity index (χ0v) is 6.52. The predicted molar refractivity (Wildman–Crippen MR) is 39.8 cm³/mol. The van der Waals surface area contributed by atoms with Gasteiger partial charge in [-0.15, -0.1) is 0 Å². The molecular formula is C7H16FNO. The van der Waals surface area contributed by atoms with E-state index in [1.165, 1.54) is 0 Å². The summed E-state index contributed by atoms with van der Waals surface area (Å²) in [5.74, 6) is 0. The molecule has 2 nitrogen and oxygen atoms in total. The van der Waals surface area contributed by atoms with Gasteiger partial charge in [0, 0.05) is 19.7 Å². The van der Waals surface area contributed by atoms with Crippen LogP contribution in [0, 0.1) is 0 Å². The van der Waals surface area contributed by atoms with Gasteiger partial charge < -0.3 is 10.0 Å². The first-order valence-electron chi connectivity index (χ1n) is 3.66. The molecule has 0 unspecified atom stereocenters. The molecule has 0 amide bonds. The van der Waals surface area contributed by atoms with Crippen molar-refractivity contribution in [3.05, 3.63) is 0 Å². The van der Waals surface area contributed by atoms with Crippen molar-refractivity contribution < 1.29 is 9.50 Å². The summed E-state index contributed by atoms with van der Waals surface area (Å²) in [4.78, 5) is 2.02. The Morgan fingerprint density at radius 1 is 1.30 bits per heavy atom. The average molecular weight is 149 g/mol. The summed E-state index contributed by atoms with van der Waals surface area (Å²) in [5, 5.41) is 8.44. The molecule has 0 aromatic rings. The number of rotatable bonds is 6. The Kier molecular flexibility index (Phi) is 6.86. The Morgan fingerprint density at radius 3 is 2.40 bits per heavy atom. The molecule has 0 aliphatic rings. The summed E-state index contributed by atoms with van der Waals surface area (Å²) in [6.45, 7) is 1.62. The minimum absolute atomic E-state index is 0.222. The van der Waals surface area contributed by atoms with Crippen molar-refractivity contribution in [2.75, 3.05) is 33.4 Å². The molecule has 0 radical (unpaired) electrons. The maximum absolute atomic E-state index is 11.6. The molecule has 0 saturated heterocycles. The van der Waals surface area contributed by atoms with Crippen LogP contribution in [-0.4, -0.2) is 43.4 Å². The second kappa shape index (κ2) is 6.96. The standard InChI is InChI=1S/C7H16FNO/c1-9(5-2-4-8)6-3-7-10/h10H,2-7H2,1H3. The summed E-state index contributed by atoms with van der Waals surface area (Å²) in [6, 6.07) is 0. The normalized spacial score (nSPS) is 10.8. The molecule has 0 saturated carbocycles. The van der Waals surface area contributed by atoms with Crippen molar-refractivity contribution in [3.8, 4) is 0 Å². The SMILES string of the molecule is CN(CCCO)CCCF. The van der Waals surface area contributed by atoms with Gasteiger partial charge in [0.2, 0.25) is 0 Å². The number of aliphatic hydroxyl groups excluding tert-OH is 1. The fraction of sp³-hybridized carbons (Fsp3) is 1.00. The maximum Gasteiger partial charge on any atom is 0.0906 e. The van der Waals surface area contributed by atoms with Gasteiger partial charge in [-0.2, -0.15) is 0 Å².